The van der Waals surface area contributed by atoms with Gasteiger partial charge in [0, 0.05) is 17.9 Å². The summed E-state index contributed by atoms with van der Waals surface area (Å²) in [6.07, 6.45) is -1.55. The average molecular weight is 681 g/mol. The summed E-state index contributed by atoms with van der Waals surface area (Å²) in [6, 6.07) is 17.4. The second-order valence-corrected chi connectivity index (χ2v) is 10.7. The predicted octanol–water partition coefficient (Wildman–Crippen LogP) is 3.25. The molecule has 2 aromatic carbocycles. The third-order valence-corrected chi connectivity index (χ3v) is 6.54. The zero-order chi connectivity index (χ0) is 34.7. The molecule has 4 amide bonds. The number of nitrogens with one attached hydrogen (secondary N) is 4. The number of cyclic esters (lactones) is 4. The number of carbonyl (C=O) groups is 6. The van der Waals surface area contributed by atoms with Gasteiger partial charge in [0.25, 0.3) is 0 Å². The molecule has 17 heteroatoms. The van der Waals surface area contributed by atoms with E-state index in [2.05, 4.69) is 40.2 Å². The van der Waals surface area contributed by atoms with Gasteiger partial charge < -0.3 is 50.1 Å². The van der Waals surface area contributed by atoms with Crippen LogP contribution in [0.25, 0.3) is 0 Å². The first kappa shape index (κ1) is 38.1. The Labute approximate surface area is 275 Å². The molecule has 16 nitrogen and oxygen atoms in total. The van der Waals surface area contributed by atoms with E-state index in [9.17, 15) is 28.8 Å². The molecule has 0 radical (unpaired) electrons. The van der Waals surface area contributed by atoms with E-state index in [-0.39, 0.29) is 58.8 Å². The van der Waals surface area contributed by atoms with Crippen LogP contribution in [0, 0.1) is 10.8 Å². The number of aliphatic hydroxyl groups excluding tert-OH is 1. The maximum absolute atomic E-state index is 11.9. The summed E-state index contributed by atoms with van der Waals surface area (Å²) in [6.45, 7) is 3.33. The fraction of sp³-hybridized carbons (Fsp3) is 0.400. The molecule has 0 aromatic heterocycles. The van der Waals surface area contributed by atoms with Gasteiger partial charge in [-0.3, -0.25) is 9.59 Å². The fourth-order valence-corrected chi connectivity index (χ4v) is 3.43. The third kappa shape index (κ3) is 14.3. The van der Waals surface area contributed by atoms with Crippen LogP contribution in [0.5, 0.6) is 0 Å². The minimum Gasteiger partial charge on any atom is -0.463 e. The first-order valence-corrected chi connectivity index (χ1v) is 14.5. The highest BCUT2D eigenvalue weighted by molar-refractivity contribution is 6.64. The fourth-order valence-electron chi connectivity index (χ4n) is 3.32. The molecule has 0 saturated carbocycles. The summed E-state index contributed by atoms with van der Waals surface area (Å²) < 4.78 is 23.4. The zero-order valence-corrected chi connectivity index (χ0v) is 26.5. The smallest absolute Gasteiger partial charge is 0.463 e. The van der Waals surface area contributed by atoms with E-state index in [1.54, 1.807) is 50.2 Å². The monoisotopic (exact) mass is 680 g/mol. The highest BCUT2D eigenvalue weighted by atomic mass is 35.5. The second-order valence-electron chi connectivity index (χ2n) is 10.4. The van der Waals surface area contributed by atoms with E-state index in [0.717, 1.165) is 5.69 Å². The van der Waals surface area contributed by atoms with Gasteiger partial charge in [-0.2, -0.15) is 0 Å². The highest BCUT2D eigenvalue weighted by Crippen LogP contribution is 2.25. The van der Waals surface area contributed by atoms with Gasteiger partial charge in [0.15, 0.2) is 0 Å². The van der Waals surface area contributed by atoms with Gasteiger partial charge in [-0.25, -0.2) is 19.2 Å². The quantitative estimate of drug-likeness (QED) is 0.112. The van der Waals surface area contributed by atoms with E-state index in [0.29, 0.717) is 5.69 Å². The van der Waals surface area contributed by atoms with Crippen LogP contribution >= 0.6 is 11.6 Å². The predicted molar refractivity (Wildman–Crippen MR) is 167 cm³/mol. The van der Waals surface area contributed by atoms with Crippen LogP contribution in [0.4, 0.5) is 30.6 Å². The molecule has 2 aliphatic rings. The molecular formula is C30H37ClN4O12. The summed E-state index contributed by atoms with van der Waals surface area (Å²) in [5.41, 5.74) is -0.510. The van der Waals surface area contributed by atoms with Crippen LogP contribution in [0.2, 0.25) is 0 Å². The van der Waals surface area contributed by atoms with E-state index < -0.39 is 40.4 Å². The van der Waals surface area contributed by atoms with Gasteiger partial charge in [0.05, 0.1) is 13.2 Å². The normalized spacial score (nSPS) is 15.4. The zero-order valence-electron chi connectivity index (χ0n) is 25.7. The average Bonchev–Trinajstić information content (AvgIpc) is 3.06. The highest BCUT2D eigenvalue weighted by Gasteiger charge is 2.42. The Bertz CT molecular complexity index is 1330. The number of hydrogen-bond donors (Lipinski definition) is 5. The lowest BCUT2D eigenvalue weighted by Crippen LogP contribution is -2.44. The summed E-state index contributed by atoms with van der Waals surface area (Å²) >= 11 is 5.24. The van der Waals surface area contributed by atoms with Crippen molar-refractivity contribution in [2.45, 2.75) is 13.8 Å². The molecule has 256 valence electrons. The van der Waals surface area contributed by atoms with Crippen molar-refractivity contribution < 1.29 is 57.6 Å². The molecule has 47 heavy (non-hydrogen) atoms. The summed E-state index contributed by atoms with van der Waals surface area (Å²) in [5, 5.41) is 18.2. The van der Waals surface area contributed by atoms with Gasteiger partial charge >= 0.3 is 30.3 Å². The van der Waals surface area contributed by atoms with E-state index in [4.69, 9.17) is 21.4 Å². The number of aliphatic hydroxyl groups is 1. The molecule has 5 N–H and O–H groups in total. The number of esters is 1. The van der Waals surface area contributed by atoms with E-state index in [1.165, 1.54) is 0 Å². The van der Waals surface area contributed by atoms with Crippen molar-refractivity contribution in [3.8, 4) is 0 Å². The molecular weight excluding hydrogens is 644 g/mol. The van der Waals surface area contributed by atoms with Crippen molar-refractivity contribution in [3.05, 3.63) is 60.7 Å². The molecule has 2 saturated heterocycles. The van der Waals surface area contributed by atoms with Crippen molar-refractivity contribution in [1.82, 2.24) is 10.6 Å². The molecule has 0 unspecified atom stereocenters. The minimum atomic E-state index is -1.03. The van der Waals surface area contributed by atoms with Gasteiger partial charge in [0.2, 0.25) is 5.24 Å². The number of anilines is 2. The SMILES string of the molecule is CC1(C(=O)Cl)COC(=O)OC1.CC1(C(=O)OCCNC(=O)Nc2ccccc2)COC(=O)OC1.O=C(NCCO)Nc1ccccc1. The number of carbonyl (C=O) groups excluding carboxylic acids is 6. The minimum absolute atomic E-state index is 0.00454. The van der Waals surface area contributed by atoms with Crippen LogP contribution < -0.4 is 21.3 Å². The number of hydrogen-bond acceptors (Lipinski definition) is 12. The Balaban J connectivity index is 0.000000270. The molecule has 2 aromatic rings. The number of ether oxygens (including phenoxy) is 5. The van der Waals surface area contributed by atoms with Gasteiger partial charge in [-0.15, -0.1) is 0 Å². The topological polar surface area (TPSA) is 217 Å². The second kappa shape index (κ2) is 19.4. The van der Waals surface area contributed by atoms with Crippen LogP contribution in [0.15, 0.2) is 60.7 Å². The maximum Gasteiger partial charge on any atom is 0.508 e. The Morgan fingerprint density at radius 1 is 0.723 bits per heavy atom. The van der Waals surface area contributed by atoms with Gasteiger partial charge in [-0.1, -0.05) is 36.4 Å². The third-order valence-electron chi connectivity index (χ3n) is 6.08. The Hall–Kier alpha value is -5.09. The number of benzene rings is 2. The lowest BCUT2D eigenvalue weighted by Gasteiger charge is -2.29. The van der Waals surface area contributed by atoms with Crippen molar-refractivity contribution >= 4 is 58.6 Å². The first-order chi connectivity index (χ1) is 22.4. The Morgan fingerprint density at radius 3 is 1.53 bits per heavy atom. The van der Waals surface area contributed by atoms with E-state index >= 15 is 0 Å². The largest absolute Gasteiger partial charge is 0.508 e. The molecule has 0 spiro atoms. The van der Waals surface area contributed by atoms with Crippen LogP contribution in [-0.2, 0) is 33.3 Å². The molecule has 0 aliphatic carbocycles. The lowest BCUT2D eigenvalue weighted by molar-refractivity contribution is -0.165. The lowest BCUT2D eigenvalue weighted by atomic mass is 9.93. The Morgan fingerprint density at radius 2 is 1.13 bits per heavy atom. The standard InChI is InChI=1S/C15H18N2O6.C9H12N2O2.C6H7ClO4/c1-15(9-22-14(20)23-10-15)12(18)21-8-7-16-13(19)17-11-5-3-2-4-6-11;12-7-6-10-9(13)11-8-4-2-1-3-5-8;1-6(4(7)8)2-10-5(9)11-3-6/h2-6H,7-10H2,1H3,(H2,16,17,19);1-5,12H,6-7H2,(H2,10,11,13);2-3H2,1H3. The van der Waals surface area contributed by atoms with Crippen LogP contribution in [0.3, 0.4) is 0 Å². The number of amides is 4. The molecule has 2 heterocycles. The van der Waals surface area contributed by atoms with Crippen molar-refractivity contribution in [2.75, 3.05) is 63.4 Å². The summed E-state index contributed by atoms with van der Waals surface area (Å²) in [5.74, 6) is -0.546. The number of urea groups is 2. The van der Waals surface area contributed by atoms with Crippen LogP contribution in [-0.4, -0.2) is 93.4 Å². The first-order valence-electron chi connectivity index (χ1n) is 14.1. The van der Waals surface area contributed by atoms with Crippen molar-refractivity contribution in [3.63, 3.8) is 0 Å². The van der Waals surface area contributed by atoms with Crippen LogP contribution in [0.1, 0.15) is 13.8 Å². The van der Waals surface area contributed by atoms with Crippen molar-refractivity contribution in [1.29, 1.82) is 0 Å². The van der Waals surface area contributed by atoms with Gasteiger partial charge in [0.1, 0.15) is 43.9 Å². The molecule has 2 aliphatic heterocycles. The van der Waals surface area contributed by atoms with Crippen molar-refractivity contribution in [2.24, 2.45) is 10.8 Å². The number of halogens is 1. The number of rotatable bonds is 9. The number of para-hydroxylation sites is 2. The molecule has 4 rings (SSSR count). The summed E-state index contributed by atoms with van der Waals surface area (Å²) in [7, 11) is 0. The Kier molecular flexibility index (Phi) is 15.7. The van der Waals surface area contributed by atoms with E-state index in [1.807, 2.05) is 24.3 Å². The van der Waals surface area contributed by atoms with Gasteiger partial charge in [-0.05, 0) is 49.7 Å². The summed E-state index contributed by atoms with van der Waals surface area (Å²) in [4.78, 5) is 66.5. The molecule has 0 bridgehead atoms. The maximum atomic E-state index is 11.9. The molecule has 0 atom stereocenters. The molecule has 2 fully saturated rings.